The van der Waals surface area contributed by atoms with Gasteiger partial charge in [0.25, 0.3) is 0 Å². The molecule has 1 rings (SSSR count). The molecule has 56 valence electrons. The number of nitrogens with zero attached hydrogens (tertiary/aromatic N) is 4. The minimum atomic E-state index is -1.04. The second-order valence-corrected chi connectivity index (χ2v) is 1.77. The van der Waals surface area contributed by atoms with E-state index in [-0.39, 0.29) is 12.2 Å². The second-order valence-electron chi connectivity index (χ2n) is 1.77. The van der Waals surface area contributed by atoms with Gasteiger partial charge in [-0.05, 0) is 0 Å². The van der Waals surface area contributed by atoms with Gasteiger partial charge in [-0.3, -0.25) is 4.79 Å². The third-order valence-electron chi connectivity index (χ3n) is 0.928. The number of nitriles is 1. The van der Waals surface area contributed by atoms with Crippen LogP contribution in [0.2, 0.25) is 0 Å². The summed E-state index contributed by atoms with van der Waals surface area (Å²) in [6.45, 7) is -0.318. The van der Waals surface area contributed by atoms with E-state index in [9.17, 15) is 4.79 Å². The van der Waals surface area contributed by atoms with Crippen molar-refractivity contribution in [1.82, 2.24) is 15.0 Å². The van der Waals surface area contributed by atoms with E-state index in [0.29, 0.717) is 0 Å². The SMILES string of the molecule is N#Cc1cnn(CC(=O)O)n1. The first kappa shape index (κ1) is 7.21. The molecule has 1 aromatic heterocycles. The van der Waals surface area contributed by atoms with Crippen LogP contribution in [0.15, 0.2) is 6.20 Å². The van der Waals surface area contributed by atoms with Crippen molar-refractivity contribution in [2.24, 2.45) is 0 Å². The molecule has 11 heavy (non-hydrogen) atoms. The Hall–Kier alpha value is -1.90. The largest absolute Gasteiger partial charge is 0.480 e. The minimum Gasteiger partial charge on any atom is -0.480 e. The zero-order valence-corrected chi connectivity index (χ0v) is 5.43. The van der Waals surface area contributed by atoms with Gasteiger partial charge in [-0.25, -0.2) is 0 Å². The fraction of sp³-hybridized carbons (Fsp3) is 0.200. The number of aromatic nitrogens is 3. The molecule has 1 heterocycles. The van der Waals surface area contributed by atoms with E-state index < -0.39 is 5.97 Å². The van der Waals surface area contributed by atoms with E-state index in [2.05, 4.69) is 10.2 Å². The lowest BCUT2D eigenvalue weighted by Gasteiger charge is -1.89. The Labute approximate surface area is 61.7 Å². The van der Waals surface area contributed by atoms with Gasteiger partial charge in [0.1, 0.15) is 6.07 Å². The number of carboxylic acids is 1. The zero-order chi connectivity index (χ0) is 8.27. The van der Waals surface area contributed by atoms with Gasteiger partial charge in [-0.2, -0.15) is 15.2 Å². The molecule has 0 aliphatic heterocycles. The van der Waals surface area contributed by atoms with Gasteiger partial charge < -0.3 is 5.11 Å². The Bertz CT molecular complexity index is 311. The van der Waals surface area contributed by atoms with Crippen LogP contribution < -0.4 is 0 Å². The van der Waals surface area contributed by atoms with Crippen LogP contribution >= 0.6 is 0 Å². The predicted molar refractivity (Wildman–Crippen MR) is 32.4 cm³/mol. The summed E-state index contributed by atoms with van der Waals surface area (Å²) in [7, 11) is 0. The van der Waals surface area contributed by atoms with E-state index in [0.717, 1.165) is 4.80 Å². The number of carbonyl (C=O) groups is 1. The fourth-order valence-electron chi connectivity index (χ4n) is 0.546. The average molecular weight is 152 g/mol. The van der Waals surface area contributed by atoms with Gasteiger partial charge in [-0.15, -0.1) is 5.10 Å². The normalized spacial score (nSPS) is 9.00. The molecule has 0 saturated carbocycles. The van der Waals surface area contributed by atoms with Gasteiger partial charge >= 0.3 is 5.97 Å². The van der Waals surface area contributed by atoms with Gasteiger partial charge in [0.15, 0.2) is 12.2 Å². The number of carboxylic acid groups (broad SMARTS) is 1. The monoisotopic (exact) mass is 152 g/mol. The summed E-state index contributed by atoms with van der Waals surface area (Å²) in [4.78, 5) is 11.0. The minimum absolute atomic E-state index is 0.117. The van der Waals surface area contributed by atoms with Crippen molar-refractivity contribution >= 4 is 5.97 Å². The molecule has 0 unspecified atom stereocenters. The first-order valence-corrected chi connectivity index (χ1v) is 2.74. The quantitative estimate of drug-likeness (QED) is 0.601. The maximum absolute atomic E-state index is 10.1. The molecule has 0 amide bonds. The maximum Gasteiger partial charge on any atom is 0.327 e. The Balaban J connectivity index is 2.75. The van der Waals surface area contributed by atoms with Crippen LogP contribution in [0, 0.1) is 11.3 Å². The number of rotatable bonds is 2. The summed E-state index contributed by atoms with van der Waals surface area (Å²) < 4.78 is 0. The predicted octanol–water partition coefficient (Wildman–Crippen LogP) is -0.766. The Morgan fingerprint density at radius 3 is 3.09 bits per heavy atom. The smallest absolute Gasteiger partial charge is 0.327 e. The van der Waals surface area contributed by atoms with E-state index in [1.54, 1.807) is 6.07 Å². The third-order valence-corrected chi connectivity index (χ3v) is 0.928. The lowest BCUT2D eigenvalue weighted by atomic mass is 10.6. The second kappa shape index (κ2) is 2.79. The first-order valence-electron chi connectivity index (χ1n) is 2.74. The summed E-state index contributed by atoms with van der Waals surface area (Å²) in [5.41, 5.74) is 0.117. The van der Waals surface area contributed by atoms with Crippen molar-refractivity contribution in [2.45, 2.75) is 6.54 Å². The lowest BCUT2D eigenvalue weighted by molar-refractivity contribution is -0.138. The molecule has 0 aliphatic rings. The van der Waals surface area contributed by atoms with Gasteiger partial charge in [0.2, 0.25) is 0 Å². The molecule has 0 aliphatic carbocycles. The van der Waals surface area contributed by atoms with Crippen LogP contribution in [0.4, 0.5) is 0 Å². The highest BCUT2D eigenvalue weighted by atomic mass is 16.4. The molecule has 1 N–H and O–H groups in total. The number of aliphatic carboxylic acids is 1. The molecule has 6 heteroatoms. The molecule has 0 saturated heterocycles. The maximum atomic E-state index is 10.1. The topological polar surface area (TPSA) is 91.8 Å². The summed E-state index contributed by atoms with van der Waals surface area (Å²) in [5, 5.41) is 23.6. The lowest BCUT2D eigenvalue weighted by Crippen LogP contribution is -2.11. The highest BCUT2D eigenvalue weighted by molar-refractivity contribution is 5.66. The zero-order valence-electron chi connectivity index (χ0n) is 5.43. The summed E-state index contributed by atoms with van der Waals surface area (Å²) >= 11 is 0. The highest BCUT2D eigenvalue weighted by Gasteiger charge is 2.02. The van der Waals surface area contributed by atoms with Gasteiger partial charge in [0, 0.05) is 0 Å². The Morgan fingerprint density at radius 2 is 2.64 bits per heavy atom. The van der Waals surface area contributed by atoms with E-state index in [1.807, 2.05) is 0 Å². The molecule has 0 radical (unpaired) electrons. The van der Waals surface area contributed by atoms with Gasteiger partial charge in [-0.1, -0.05) is 0 Å². The van der Waals surface area contributed by atoms with Crippen molar-refractivity contribution in [3.8, 4) is 6.07 Å². The van der Waals surface area contributed by atoms with Crippen LogP contribution in [-0.4, -0.2) is 26.1 Å². The average Bonchev–Trinajstić information content (AvgIpc) is 2.34. The molecule has 6 nitrogen and oxygen atoms in total. The van der Waals surface area contributed by atoms with Crippen molar-refractivity contribution < 1.29 is 9.90 Å². The van der Waals surface area contributed by atoms with Crippen molar-refractivity contribution in [3.05, 3.63) is 11.9 Å². The van der Waals surface area contributed by atoms with E-state index >= 15 is 0 Å². The van der Waals surface area contributed by atoms with E-state index in [4.69, 9.17) is 10.4 Å². The van der Waals surface area contributed by atoms with Crippen molar-refractivity contribution in [3.63, 3.8) is 0 Å². The fourth-order valence-corrected chi connectivity index (χ4v) is 0.546. The first-order chi connectivity index (χ1) is 5.22. The third kappa shape index (κ3) is 1.76. The molecular formula is C5H4N4O2. The van der Waals surface area contributed by atoms with Gasteiger partial charge in [0.05, 0.1) is 6.20 Å². The van der Waals surface area contributed by atoms with Crippen LogP contribution in [-0.2, 0) is 11.3 Å². The Morgan fingerprint density at radius 1 is 1.91 bits per heavy atom. The number of hydrogen-bond acceptors (Lipinski definition) is 4. The molecule has 1 aromatic rings. The summed E-state index contributed by atoms with van der Waals surface area (Å²) in [6, 6.07) is 1.73. The van der Waals surface area contributed by atoms with Crippen LogP contribution in [0.1, 0.15) is 5.69 Å². The highest BCUT2D eigenvalue weighted by Crippen LogP contribution is 1.87. The van der Waals surface area contributed by atoms with Crippen LogP contribution in [0.5, 0.6) is 0 Å². The molecular weight excluding hydrogens is 148 g/mol. The molecule has 0 atom stereocenters. The summed E-state index contributed by atoms with van der Waals surface area (Å²) in [6.07, 6.45) is 1.21. The standard InChI is InChI=1S/C5H4N4O2/c6-1-4-2-7-9(8-4)3-5(10)11/h2H,3H2,(H,10,11). The van der Waals surface area contributed by atoms with Crippen LogP contribution in [0.3, 0.4) is 0 Å². The molecule has 0 fully saturated rings. The molecule has 0 aromatic carbocycles. The van der Waals surface area contributed by atoms with Crippen LogP contribution in [0.25, 0.3) is 0 Å². The molecule has 0 spiro atoms. The summed E-state index contributed by atoms with van der Waals surface area (Å²) in [5.74, 6) is -1.04. The van der Waals surface area contributed by atoms with Crippen molar-refractivity contribution in [1.29, 1.82) is 5.26 Å². The molecule has 0 bridgehead atoms. The van der Waals surface area contributed by atoms with Crippen molar-refractivity contribution in [2.75, 3.05) is 0 Å². The Kier molecular flexibility index (Phi) is 1.83. The number of hydrogen-bond donors (Lipinski definition) is 1. The van der Waals surface area contributed by atoms with E-state index in [1.165, 1.54) is 6.20 Å².